The number of nitrogens with two attached hydrogens (primary N) is 2. The first-order valence-electron chi connectivity index (χ1n) is 6.37. The molecule has 0 aromatic rings. The van der Waals surface area contributed by atoms with E-state index in [1.807, 2.05) is 0 Å². The molecule has 0 bridgehead atoms. The topological polar surface area (TPSA) is 206 Å². The third-order valence-electron chi connectivity index (χ3n) is 2.68. The van der Waals surface area contributed by atoms with Crippen LogP contribution < -0.4 is 22.1 Å². The van der Waals surface area contributed by atoms with Crippen LogP contribution in [0.5, 0.6) is 0 Å². The number of hydrogen-bond donors (Lipinski definition) is 7. The summed E-state index contributed by atoms with van der Waals surface area (Å²) in [5.41, 5.74) is 10.2. The van der Waals surface area contributed by atoms with Crippen molar-refractivity contribution in [3.63, 3.8) is 0 Å². The second-order valence-corrected chi connectivity index (χ2v) is 4.41. The first-order chi connectivity index (χ1) is 9.34. The van der Waals surface area contributed by atoms with Crippen molar-refractivity contribution in [2.75, 3.05) is 13.1 Å². The molecule has 2 atom stereocenters. The van der Waals surface area contributed by atoms with Crippen LogP contribution in [-0.2, 0) is 9.59 Å². The zero-order chi connectivity index (χ0) is 15.5. The number of carboxylic acid groups (broad SMARTS) is 2. The van der Waals surface area contributed by atoms with Gasteiger partial charge < -0.3 is 37.8 Å². The Morgan fingerprint density at radius 1 is 1.43 bits per heavy atom. The van der Waals surface area contributed by atoms with Crippen molar-refractivity contribution in [2.45, 2.75) is 37.8 Å². The van der Waals surface area contributed by atoms with Gasteiger partial charge in [0.25, 0.3) is 0 Å². The molecule has 1 unspecified atom stereocenters. The van der Waals surface area contributed by atoms with Crippen LogP contribution in [0.4, 0.5) is 0 Å². The van der Waals surface area contributed by atoms with Gasteiger partial charge in [0, 0.05) is 6.54 Å². The highest BCUT2D eigenvalue weighted by Gasteiger charge is 2.20. The molecule has 1 heterocycles. The van der Waals surface area contributed by atoms with Crippen LogP contribution in [-0.4, -0.2) is 58.8 Å². The fourth-order valence-electron chi connectivity index (χ4n) is 1.56. The van der Waals surface area contributed by atoms with Crippen molar-refractivity contribution in [2.24, 2.45) is 11.5 Å². The molecule has 1 aliphatic heterocycles. The van der Waals surface area contributed by atoms with Crippen molar-refractivity contribution in [1.82, 2.24) is 10.6 Å². The number of carbonyl (C=O) groups is 2. The van der Waals surface area contributed by atoms with Crippen LogP contribution in [0.1, 0.15) is 25.7 Å². The third kappa shape index (κ3) is 11.6. The first kappa shape index (κ1) is 21.4. The van der Waals surface area contributed by atoms with E-state index in [4.69, 9.17) is 27.1 Å². The zero-order valence-corrected chi connectivity index (χ0v) is 11.8. The van der Waals surface area contributed by atoms with E-state index in [2.05, 4.69) is 10.6 Å². The highest BCUT2D eigenvalue weighted by Crippen LogP contribution is 2.03. The van der Waals surface area contributed by atoms with Crippen molar-refractivity contribution in [1.29, 1.82) is 5.41 Å². The minimum Gasteiger partial charge on any atom is -0.480 e. The molecule has 10 heteroatoms. The number of nitrogens with one attached hydrogen (secondary N) is 3. The standard InChI is InChI=1S/C6H14N4O2.C5H9NO2.H2O/c7-4(5(11)12)2-1-3-10-6(8)9;7-5(8)4-2-1-3-6-4;/h4H,1-3,7H2,(H,11,12)(H4,8,9,10);4,6H,1-3H2,(H,7,8);1H2/t;4-;/m.0./s1. The van der Waals surface area contributed by atoms with Crippen molar-refractivity contribution in [3.05, 3.63) is 0 Å². The van der Waals surface area contributed by atoms with E-state index < -0.39 is 18.0 Å². The van der Waals surface area contributed by atoms with E-state index in [0.717, 1.165) is 19.4 Å². The van der Waals surface area contributed by atoms with Crippen LogP contribution in [0.3, 0.4) is 0 Å². The Labute approximate surface area is 122 Å². The summed E-state index contributed by atoms with van der Waals surface area (Å²) < 4.78 is 0. The van der Waals surface area contributed by atoms with Crippen LogP contribution in [0, 0.1) is 5.41 Å². The average molecular weight is 307 g/mol. The van der Waals surface area contributed by atoms with Gasteiger partial charge in [0.1, 0.15) is 12.1 Å². The third-order valence-corrected chi connectivity index (χ3v) is 2.68. The molecule has 0 radical (unpaired) electrons. The van der Waals surface area contributed by atoms with E-state index in [1.54, 1.807) is 0 Å². The van der Waals surface area contributed by atoms with Gasteiger partial charge in [-0.05, 0) is 32.2 Å². The largest absolute Gasteiger partial charge is 0.480 e. The van der Waals surface area contributed by atoms with Gasteiger partial charge in [-0.3, -0.25) is 15.0 Å². The lowest BCUT2D eigenvalue weighted by atomic mass is 10.2. The molecular weight excluding hydrogens is 282 g/mol. The molecule has 0 amide bonds. The summed E-state index contributed by atoms with van der Waals surface area (Å²) in [6.07, 6.45) is 2.76. The molecule has 0 aromatic carbocycles. The molecule has 124 valence electrons. The maximum Gasteiger partial charge on any atom is 0.320 e. The second kappa shape index (κ2) is 11.9. The lowest BCUT2D eigenvalue weighted by Gasteiger charge is -2.06. The smallest absolute Gasteiger partial charge is 0.320 e. The van der Waals surface area contributed by atoms with Crippen LogP contribution >= 0.6 is 0 Å². The highest BCUT2D eigenvalue weighted by atomic mass is 16.4. The Bertz CT molecular complexity index is 333. The molecule has 10 nitrogen and oxygen atoms in total. The van der Waals surface area contributed by atoms with Gasteiger partial charge in [0.2, 0.25) is 0 Å². The van der Waals surface area contributed by atoms with E-state index >= 15 is 0 Å². The number of carboxylic acids is 2. The van der Waals surface area contributed by atoms with E-state index in [9.17, 15) is 9.59 Å². The first-order valence-corrected chi connectivity index (χ1v) is 6.37. The molecule has 0 spiro atoms. The minimum atomic E-state index is -1.00. The summed E-state index contributed by atoms with van der Waals surface area (Å²) in [6.45, 7) is 1.34. The van der Waals surface area contributed by atoms with E-state index in [1.165, 1.54) is 0 Å². The van der Waals surface area contributed by atoms with Crippen molar-refractivity contribution < 1.29 is 25.3 Å². The molecule has 1 fully saturated rings. The van der Waals surface area contributed by atoms with Crippen LogP contribution in [0.15, 0.2) is 0 Å². The summed E-state index contributed by atoms with van der Waals surface area (Å²) in [4.78, 5) is 20.4. The summed E-state index contributed by atoms with van der Waals surface area (Å²) >= 11 is 0. The maximum absolute atomic E-state index is 10.2. The Hall–Kier alpha value is -1.91. The Kier molecular flexibility index (Phi) is 12.1. The summed E-state index contributed by atoms with van der Waals surface area (Å²) in [6, 6.07) is -1.09. The number of hydrogen-bond acceptors (Lipinski definition) is 5. The molecule has 1 aliphatic rings. The number of rotatable bonds is 6. The van der Waals surface area contributed by atoms with Crippen LogP contribution in [0.2, 0.25) is 0 Å². The van der Waals surface area contributed by atoms with Gasteiger partial charge in [0.05, 0.1) is 0 Å². The van der Waals surface area contributed by atoms with Crippen LogP contribution in [0.25, 0.3) is 0 Å². The van der Waals surface area contributed by atoms with E-state index in [-0.39, 0.29) is 17.5 Å². The molecule has 0 saturated carbocycles. The monoisotopic (exact) mass is 307 g/mol. The Balaban J connectivity index is 0. The average Bonchev–Trinajstić information content (AvgIpc) is 2.88. The lowest BCUT2D eigenvalue weighted by Crippen LogP contribution is -2.34. The fraction of sp³-hybridized carbons (Fsp3) is 0.727. The predicted octanol–water partition coefficient (Wildman–Crippen LogP) is -2.34. The molecule has 1 saturated heterocycles. The normalized spacial score (nSPS) is 17.7. The fourth-order valence-corrected chi connectivity index (χ4v) is 1.56. The SMILES string of the molecule is N=C(N)NCCCC(N)C(=O)O.O.O=C(O)[C@@H]1CCCN1. The van der Waals surface area contributed by atoms with Gasteiger partial charge in [-0.2, -0.15) is 0 Å². The number of guanidine groups is 1. The van der Waals surface area contributed by atoms with Crippen molar-refractivity contribution >= 4 is 17.9 Å². The van der Waals surface area contributed by atoms with Gasteiger partial charge in [-0.15, -0.1) is 0 Å². The van der Waals surface area contributed by atoms with Gasteiger partial charge in [0.15, 0.2) is 5.96 Å². The predicted molar refractivity (Wildman–Crippen MR) is 77.0 cm³/mol. The van der Waals surface area contributed by atoms with Crippen molar-refractivity contribution in [3.8, 4) is 0 Å². The Morgan fingerprint density at radius 2 is 2.05 bits per heavy atom. The molecule has 1 rings (SSSR count). The van der Waals surface area contributed by atoms with Gasteiger partial charge in [-0.25, -0.2) is 0 Å². The molecular formula is C11H25N5O5. The van der Waals surface area contributed by atoms with E-state index in [0.29, 0.717) is 19.4 Å². The van der Waals surface area contributed by atoms with Gasteiger partial charge in [-0.1, -0.05) is 0 Å². The summed E-state index contributed by atoms with van der Waals surface area (Å²) in [5.74, 6) is -1.83. The summed E-state index contributed by atoms with van der Waals surface area (Å²) in [7, 11) is 0. The van der Waals surface area contributed by atoms with Gasteiger partial charge >= 0.3 is 11.9 Å². The molecule has 0 aromatic heterocycles. The number of aliphatic carboxylic acids is 2. The second-order valence-electron chi connectivity index (χ2n) is 4.41. The Morgan fingerprint density at radius 3 is 2.38 bits per heavy atom. The molecule has 0 aliphatic carbocycles. The maximum atomic E-state index is 10.2. The molecule has 11 N–H and O–H groups in total. The summed E-state index contributed by atoms with van der Waals surface area (Å²) in [5, 5.41) is 28.9. The minimum absolute atomic E-state index is 0. The highest BCUT2D eigenvalue weighted by molar-refractivity contribution is 5.74. The quantitative estimate of drug-likeness (QED) is 0.160. The molecule has 21 heavy (non-hydrogen) atoms. The lowest BCUT2D eigenvalue weighted by molar-refractivity contribution is -0.139. The zero-order valence-electron chi connectivity index (χ0n) is 11.8.